The van der Waals surface area contributed by atoms with Crippen LogP contribution in [0, 0.1) is 11.8 Å². The molecule has 5 nitrogen and oxygen atoms in total. The summed E-state index contributed by atoms with van der Waals surface area (Å²) >= 11 is 0. The lowest BCUT2D eigenvalue weighted by Gasteiger charge is -2.25. The minimum Gasteiger partial charge on any atom is -0.480 e. The number of nitrogens with one attached hydrogen (secondary N) is 1. The summed E-state index contributed by atoms with van der Waals surface area (Å²) in [4.78, 5) is 24.6. The van der Waals surface area contributed by atoms with Gasteiger partial charge in [-0.3, -0.25) is 0 Å². The van der Waals surface area contributed by atoms with Gasteiger partial charge in [-0.1, -0.05) is 13.8 Å². The number of aliphatic carboxylic acids is 1. The molecule has 2 N–H and O–H groups in total. The average molecular weight is 242 g/mol. The highest BCUT2D eigenvalue weighted by Gasteiger charge is 2.29. The molecule has 2 amide bonds. The van der Waals surface area contributed by atoms with E-state index in [0.29, 0.717) is 12.5 Å². The van der Waals surface area contributed by atoms with E-state index in [1.165, 1.54) is 12.8 Å². The molecule has 0 bridgehead atoms. The predicted octanol–water partition coefficient (Wildman–Crippen LogP) is 1.54. The van der Waals surface area contributed by atoms with Crippen molar-refractivity contribution < 1.29 is 14.7 Å². The second-order valence-electron chi connectivity index (χ2n) is 4.99. The van der Waals surface area contributed by atoms with E-state index in [-0.39, 0.29) is 11.9 Å². The quantitative estimate of drug-likeness (QED) is 0.742. The Morgan fingerprint density at radius 2 is 2.00 bits per heavy atom. The van der Waals surface area contributed by atoms with Crippen molar-refractivity contribution in [2.24, 2.45) is 11.8 Å². The molecule has 0 aromatic rings. The molecule has 0 aliphatic heterocycles. The topological polar surface area (TPSA) is 69.6 Å². The van der Waals surface area contributed by atoms with Gasteiger partial charge in [0.1, 0.15) is 6.04 Å². The SMILES string of the molecule is CCN(CC1CC1)C(=O)N[C@@H](C(=O)O)C(C)C. The van der Waals surface area contributed by atoms with E-state index >= 15 is 0 Å². The molecule has 5 heteroatoms. The van der Waals surface area contributed by atoms with Gasteiger partial charge in [0.2, 0.25) is 0 Å². The first-order valence-corrected chi connectivity index (χ1v) is 6.24. The molecule has 0 aromatic heterocycles. The normalized spacial score (nSPS) is 16.7. The molecular weight excluding hydrogens is 220 g/mol. The maximum atomic E-state index is 11.9. The number of carboxylic acid groups (broad SMARTS) is 1. The number of nitrogens with zero attached hydrogens (tertiary/aromatic N) is 1. The van der Waals surface area contributed by atoms with E-state index in [0.717, 1.165) is 6.54 Å². The van der Waals surface area contributed by atoms with Crippen LogP contribution in [0.4, 0.5) is 4.79 Å². The fourth-order valence-electron chi connectivity index (χ4n) is 1.71. The third-order valence-electron chi connectivity index (χ3n) is 3.06. The van der Waals surface area contributed by atoms with Crippen LogP contribution in [0.25, 0.3) is 0 Å². The zero-order valence-electron chi connectivity index (χ0n) is 10.8. The third-order valence-corrected chi connectivity index (χ3v) is 3.06. The molecule has 0 radical (unpaired) electrons. The number of rotatable bonds is 6. The first-order chi connectivity index (χ1) is 7.95. The first kappa shape index (κ1) is 13.8. The molecule has 1 saturated carbocycles. The van der Waals surface area contributed by atoms with Crippen molar-refractivity contribution in [2.75, 3.05) is 13.1 Å². The minimum absolute atomic E-state index is 0.115. The Morgan fingerprint density at radius 1 is 1.41 bits per heavy atom. The molecular formula is C12H22N2O3. The van der Waals surface area contributed by atoms with Crippen molar-refractivity contribution in [1.82, 2.24) is 10.2 Å². The maximum absolute atomic E-state index is 11.9. The fraction of sp³-hybridized carbons (Fsp3) is 0.833. The monoisotopic (exact) mass is 242 g/mol. The van der Waals surface area contributed by atoms with Crippen LogP contribution in [0.5, 0.6) is 0 Å². The predicted molar refractivity (Wildman–Crippen MR) is 64.8 cm³/mol. The molecule has 0 saturated heterocycles. The van der Waals surface area contributed by atoms with Gasteiger partial charge in [-0.05, 0) is 31.6 Å². The Bertz CT molecular complexity index is 287. The summed E-state index contributed by atoms with van der Waals surface area (Å²) < 4.78 is 0. The number of hydrogen-bond acceptors (Lipinski definition) is 2. The Balaban J connectivity index is 2.51. The van der Waals surface area contributed by atoms with E-state index in [1.54, 1.807) is 18.7 Å². The van der Waals surface area contributed by atoms with E-state index < -0.39 is 12.0 Å². The van der Waals surface area contributed by atoms with Crippen LogP contribution in [0.1, 0.15) is 33.6 Å². The summed E-state index contributed by atoms with van der Waals surface area (Å²) in [5.74, 6) is -0.477. The lowest BCUT2D eigenvalue weighted by atomic mass is 10.1. The van der Waals surface area contributed by atoms with Crippen molar-refractivity contribution in [1.29, 1.82) is 0 Å². The maximum Gasteiger partial charge on any atom is 0.326 e. The molecule has 1 atom stereocenters. The Kier molecular flexibility index (Phi) is 4.78. The van der Waals surface area contributed by atoms with Crippen LogP contribution < -0.4 is 5.32 Å². The van der Waals surface area contributed by atoms with Crippen LogP contribution >= 0.6 is 0 Å². The molecule has 1 fully saturated rings. The zero-order valence-corrected chi connectivity index (χ0v) is 10.8. The summed E-state index contributed by atoms with van der Waals surface area (Å²) in [6, 6.07) is -1.07. The standard InChI is InChI=1S/C12H22N2O3/c1-4-14(7-9-5-6-9)12(17)13-10(8(2)3)11(15)16/h8-10H,4-7H2,1-3H3,(H,13,17)(H,15,16)/t10-/m1/s1. The molecule has 0 heterocycles. The number of amides is 2. The van der Waals surface area contributed by atoms with Gasteiger partial charge < -0.3 is 15.3 Å². The van der Waals surface area contributed by atoms with Gasteiger partial charge >= 0.3 is 12.0 Å². The third kappa shape index (κ3) is 4.24. The van der Waals surface area contributed by atoms with Crippen LogP contribution in [-0.4, -0.2) is 41.1 Å². The highest BCUT2D eigenvalue weighted by molar-refractivity contribution is 5.82. The first-order valence-electron chi connectivity index (χ1n) is 6.24. The summed E-state index contributed by atoms with van der Waals surface area (Å²) in [5.41, 5.74) is 0. The number of carbonyl (C=O) groups excluding carboxylic acids is 1. The van der Waals surface area contributed by atoms with Crippen molar-refractivity contribution in [3.63, 3.8) is 0 Å². The molecule has 0 unspecified atom stereocenters. The van der Waals surface area contributed by atoms with Gasteiger partial charge in [-0.15, -0.1) is 0 Å². The Labute approximate surface area is 102 Å². The van der Waals surface area contributed by atoms with Gasteiger partial charge in [-0.25, -0.2) is 9.59 Å². The highest BCUT2D eigenvalue weighted by Crippen LogP contribution is 2.29. The molecule has 0 aromatic carbocycles. The van der Waals surface area contributed by atoms with Gasteiger partial charge in [0.05, 0.1) is 0 Å². The Morgan fingerprint density at radius 3 is 2.35 bits per heavy atom. The number of urea groups is 1. The molecule has 0 spiro atoms. The minimum atomic E-state index is -0.976. The summed E-state index contributed by atoms with van der Waals surface area (Å²) in [5, 5.41) is 11.6. The second-order valence-corrected chi connectivity index (χ2v) is 4.99. The fourth-order valence-corrected chi connectivity index (χ4v) is 1.71. The molecule has 1 aliphatic rings. The van der Waals surface area contributed by atoms with E-state index in [9.17, 15) is 9.59 Å². The lowest BCUT2D eigenvalue weighted by Crippen LogP contribution is -2.50. The number of hydrogen-bond donors (Lipinski definition) is 2. The zero-order chi connectivity index (χ0) is 13.0. The van der Waals surface area contributed by atoms with E-state index in [4.69, 9.17) is 5.11 Å². The molecule has 1 aliphatic carbocycles. The molecule has 1 rings (SSSR count). The average Bonchev–Trinajstić information content (AvgIpc) is 3.04. The smallest absolute Gasteiger partial charge is 0.326 e. The Hall–Kier alpha value is -1.26. The van der Waals surface area contributed by atoms with Gasteiger partial charge in [0, 0.05) is 13.1 Å². The number of carboxylic acids is 1. The van der Waals surface area contributed by atoms with Crippen LogP contribution in [0.3, 0.4) is 0 Å². The number of carbonyl (C=O) groups is 2. The van der Waals surface area contributed by atoms with Crippen LogP contribution in [0.2, 0.25) is 0 Å². The van der Waals surface area contributed by atoms with Gasteiger partial charge in [0.25, 0.3) is 0 Å². The summed E-state index contributed by atoms with van der Waals surface area (Å²) in [7, 11) is 0. The van der Waals surface area contributed by atoms with Crippen LogP contribution in [-0.2, 0) is 4.79 Å². The lowest BCUT2D eigenvalue weighted by molar-refractivity contribution is -0.140. The summed E-state index contributed by atoms with van der Waals surface area (Å²) in [6.45, 7) is 6.85. The van der Waals surface area contributed by atoms with Crippen molar-refractivity contribution in [2.45, 2.75) is 39.7 Å². The van der Waals surface area contributed by atoms with Crippen molar-refractivity contribution in [3.05, 3.63) is 0 Å². The summed E-state index contributed by atoms with van der Waals surface area (Å²) in [6.07, 6.45) is 2.35. The van der Waals surface area contributed by atoms with E-state index in [1.807, 2.05) is 6.92 Å². The van der Waals surface area contributed by atoms with Crippen molar-refractivity contribution in [3.8, 4) is 0 Å². The van der Waals surface area contributed by atoms with Crippen molar-refractivity contribution >= 4 is 12.0 Å². The largest absolute Gasteiger partial charge is 0.480 e. The molecule has 98 valence electrons. The van der Waals surface area contributed by atoms with E-state index in [2.05, 4.69) is 5.32 Å². The second kappa shape index (κ2) is 5.89. The highest BCUT2D eigenvalue weighted by atomic mass is 16.4. The van der Waals surface area contributed by atoms with Gasteiger partial charge in [-0.2, -0.15) is 0 Å². The van der Waals surface area contributed by atoms with Crippen LogP contribution in [0.15, 0.2) is 0 Å². The van der Waals surface area contributed by atoms with Gasteiger partial charge in [0.15, 0.2) is 0 Å². The molecule has 17 heavy (non-hydrogen) atoms.